The van der Waals surface area contributed by atoms with Gasteiger partial charge in [-0.25, -0.2) is 0 Å². The standard InChI is InChI=1S/C13H28BrNO2/c1-4-13(5-2)15(8-7-14)9-12-17-11-6-10-16-3/h13H,4-12H2,1-3H3. The van der Waals surface area contributed by atoms with Crippen molar-refractivity contribution in [1.82, 2.24) is 4.90 Å². The van der Waals surface area contributed by atoms with Crippen molar-refractivity contribution in [2.24, 2.45) is 0 Å². The molecule has 0 unspecified atom stereocenters. The Morgan fingerprint density at radius 2 is 1.76 bits per heavy atom. The summed E-state index contributed by atoms with van der Waals surface area (Å²) in [6.45, 7) is 9.08. The van der Waals surface area contributed by atoms with Crippen LogP contribution in [-0.4, -0.2) is 56.3 Å². The second-order valence-corrected chi connectivity index (χ2v) is 4.95. The largest absolute Gasteiger partial charge is 0.385 e. The molecule has 0 rings (SSSR count). The van der Waals surface area contributed by atoms with Crippen molar-refractivity contribution in [2.75, 3.05) is 45.4 Å². The highest BCUT2D eigenvalue weighted by atomic mass is 79.9. The zero-order valence-corrected chi connectivity index (χ0v) is 13.2. The molecular weight excluding hydrogens is 282 g/mol. The first-order valence-electron chi connectivity index (χ1n) is 6.66. The lowest BCUT2D eigenvalue weighted by molar-refractivity contribution is 0.0727. The lowest BCUT2D eigenvalue weighted by atomic mass is 10.1. The second kappa shape index (κ2) is 12.8. The molecule has 0 bridgehead atoms. The molecule has 0 amide bonds. The Hall–Kier alpha value is 0.360. The first-order chi connectivity index (χ1) is 8.29. The first-order valence-corrected chi connectivity index (χ1v) is 7.78. The van der Waals surface area contributed by atoms with Crippen LogP contribution >= 0.6 is 15.9 Å². The van der Waals surface area contributed by atoms with Gasteiger partial charge in [-0.3, -0.25) is 4.90 Å². The SMILES string of the molecule is CCC(CC)N(CCBr)CCOCCCOC. The number of halogens is 1. The van der Waals surface area contributed by atoms with Crippen molar-refractivity contribution < 1.29 is 9.47 Å². The van der Waals surface area contributed by atoms with Crippen LogP contribution in [0.2, 0.25) is 0 Å². The number of methoxy groups -OCH3 is 1. The van der Waals surface area contributed by atoms with Crippen molar-refractivity contribution in [1.29, 1.82) is 0 Å². The fraction of sp³-hybridized carbons (Fsp3) is 1.00. The summed E-state index contributed by atoms with van der Waals surface area (Å²) in [5, 5.41) is 1.03. The Bertz CT molecular complexity index is 154. The quantitative estimate of drug-likeness (QED) is 0.409. The Labute approximate surface area is 115 Å². The molecule has 0 aromatic rings. The molecule has 4 heteroatoms. The maximum atomic E-state index is 5.61. The predicted molar refractivity (Wildman–Crippen MR) is 77.0 cm³/mol. The van der Waals surface area contributed by atoms with Crippen LogP contribution < -0.4 is 0 Å². The molecule has 0 aliphatic carbocycles. The third-order valence-electron chi connectivity index (χ3n) is 2.99. The molecule has 0 N–H and O–H groups in total. The minimum Gasteiger partial charge on any atom is -0.385 e. The highest BCUT2D eigenvalue weighted by Gasteiger charge is 2.13. The van der Waals surface area contributed by atoms with Gasteiger partial charge in [0, 0.05) is 44.8 Å². The molecule has 0 radical (unpaired) electrons. The Morgan fingerprint density at radius 3 is 2.29 bits per heavy atom. The lowest BCUT2D eigenvalue weighted by Crippen LogP contribution is -2.38. The topological polar surface area (TPSA) is 21.7 Å². The maximum absolute atomic E-state index is 5.61. The summed E-state index contributed by atoms with van der Waals surface area (Å²) in [6, 6.07) is 0.690. The van der Waals surface area contributed by atoms with Crippen LogP contribution in [0.1, 0.15) is 33.1 Å². The predicted octanol–water partition coefficient (Wildman–Crippen LogP) is 2.93. The molecule has 0 aliphatic rings. The molecule has 17 heavy (non-hydrogen) atoms. The number of rotatable bonds is 12. The molecule has 0 saturated carbocycles. The summed E-state index contributed by atoms with van der Waals surface area (Å²) < 4.78 is 10.6. The van der Waals surface area contributed by atoms with E-state index >= 15 is 0 Å². The summed E-state index contributed by atoms with van der Waals surface area (Å²) in [6.07, 6.45) is 3.42. The van der Waals surface area contributed by atoms with Crippen LogP contribution in [0.4, 0.5) is 0 Å². The second-order valence-electron chi connectivity index (χ2n) is 4.15. The first kappa shape index (κ1) is 17.4. The van der Waals surface area contributed by atoms with Crippen LogP contribution in [0.3, 0.4) is 0 Å². The number of alkyl halides is 1. The molecule has 0 aliphatic heterocycles. The van der Waals surface area contributed by atoms with Crippen LogP contribution in [0.5, 0.6) is 0 Å². The van der Waals surface area contributed by atoms with Crippen molar-refractivity contribution in [2.45, 2.75) is 39.2 Å². The average Bonchev–Trinajstić information content (AvgIpc) is 2.35. The van der Waals surface area contributed by atoms with Crippen molar-refractivity contribution in [3.8, 4) is 0 Å². The Balaban J connectivity index is 3.69. The molecular formula is C13H28BrNO2. The van der Waals surface area contributed by atoms with E-state index in [1.54, 1.807) is 7.11 Å². The Morgan fingerprint density at radius 1 is 1.06 bits per heavy atom. The van der Waals surface area contributed by atoms with E-state index in [0.717, 1.165) is 44.7 Å². The van der Waals surface area contributed by atoms with E-state index in [9.17, 15) is 0 Å². The van der Waals surface area contributed by atoms with Crippen molar-refractivity contribution >= 4 is 15.9 Å². The highest BCUT2D eigenvalue weighted by Crippen LogP contribution is 2.08. The molecule has 0 aromatic heterocycles. The van der Waals surface area contributed by atoms with E-state index in [4.69, 9.17) is 9.47 Å². The van der Waals surface area contributed by atoms with E-state index in [1.807, 2.05) is 0 Å². The fourth-order valence-corrected chi connectivity index (χ4v) is 2.44. The minimum absolute atomic E-state index is 0.690. The molecule has 3 nitrogen and oxygen atoms in total. The Kier molecular flexibility index (Phi) is 13.1. The maximum Gasteiger partial charge on any atom is 0.0593 e. The highest BCUT2D eigenvalue weighted by molar-refractivity contribution is 9.09. The van der Waals surface area contributed by atoms with Crippen LogP contribution in [0, 0.1) is 0 Å². The smallest absolute Gasteiger partial charge is 0.0593 e. The van der Waals surface area contributed by atoms with Crippen LogP contribution in [0.15, 0.2) is 0 Å². The number of nitrogens with zero attached hydrogens (tertiary/aromatic N) is 1. The van der Waals surface area contributed by atoms with Crippen LogP contribution in [0.25, 0.3) is 0 Å². The summed E-state index contributed by atoms with van der Waals surface area (Å²) in [4.78, 5) is 2.52. The van der Waals surface area contributed by atoms with Gasteiger partial charge in [-0.05, 0) is 19.3 Å². The zero-order valence-electron chi connectivity index (χ0n) is 11.6. The van der Waals surface area contributed by atoms with Gasteiger partial charge in [-0.2, -0.15) is 0 Å². The van der Waals surface area contributed by atoms with Crippen molar-refractivity contribution in [3.63, 3.8) is 0 Å². The van der Waals surface area contributed by atoms with Gasteiger partial charge in [-0.15, -0.1) is 0 Å². The average molecular weight is 310 g/mol. The molecule has 0 spiro atoms. The van der Waals surface area contributed by atoms with E-state index in [2.05, 4.69) is 34.7 Å². The summed E-state index contributed by atoms with van der Waals surface area (Å²) >= 11 is 3.52. The zero-order chi connectivity index (χ0) is 12.9. The van der Waals surface area contributed by atoms with Gasteiger partial charge in [0.1, 0.15) is 0 Å². The molecule has 0 fully saturated rings. The third-order valence-corrected chi connectivity index (χ3v) is 3.35. The molecule has 0 aromatic carbocycles. The third kappa shape index (κ3) is 9.00. The van der Waals surface area contributed by atoms with Gasteiger partial charge in [0.15, 0.2) is 0 Å². The van der Waals surface area contributed by atoms with E-state index < -0.39 is 0 Å². The summed E-state index contributed by atoms with van der Waals surface area (Å²) in [5.74, 6) is 0. The number of ether oxygens (including phenoxy) is 2. The fourth-order valence-electron chi connectivity index (χ4n) is 1.98. The molecule has 104 valence electrons. The van der Waals surface area contributed by atoms with E-state index in [1.165, 1.54) is 12.8 Å². The number of hydrogen-bond donors (Lipinski definition) is 0. The van der Waals surface area contributed by atoms with Crippen molar-refractivity contribution in [3.05, 3.63) is 0 Å². The van der Waals surface area contributed by atoms with Gasteiger partial charge >= 0.3 is 0 Å². The molecule has 0 heterocycles. The summed E-state index contributed by atoms with van der Waals surface area (Å²) in [5.41, 5.74) is 0. The monoisotopic (exact) mass is 309 g/mol. The number of hydrogen-bond acceptors (Lipinski definition) is 3. The van der Waals surface area contributed by atoms with Gasteiger partial charge in [0.05, 0.1) is 6.61 Å². The van der Waals surface area contributed by atoms with Gasteiger partial charge in [0.2, 0.25) is 0 Å². The molecule has 0 saturated heterocycles. The van der Waals surface area contributed by atoms with Crippen LogP contribution in [-0.2, 0) is 9.47 Å². The van der Waals surface area contributed by atoms with Gasteiger partial charge < -0.3 is 9.47 Å². The minimum atomic E-state index is 0.690. The van der Waals surface area contributed by atoms with E-state index in [-0.39, 0.29) is 0 Å². The summed E-state index contributed by atoms with van der Waals surface area (Å²) in [7, 11) is 1.73. The molecule has 0 atom stereocenters. The van der Waals surface area contributed by atoms with Gasteiger partial charge in [-0.1, -0.05) is 29.8 Å². The normalized spacial score (nSPS) is 11.6. The van der Waals surface area contributed by atoms with E-state index in [0.29, 0.717) is 6.04 Å². The van der Waals surface area contributed by atoms with Gasteiger partial charge in [0.25, 0.3) is 0 Å². The lowest BCUT2D eigenvalue weighted by Gasteiger charge is -2.29.